The van der Waals surface area contributed by atoms with Gasteiger partial charge in [-0.05, 0) is 60.7 Å². The number of nitrogens with one attached hydrogen (secondary N) is 1. The Hall–Kier alpha value is 0.0900. The Morgan fingerprint density at radius 2 is 0.917 bits per heavy atom. The zero-order valence-corrected chi connectivity index (χ0v) is 53.9. The molecule has 0 heterocycles. The van der Waals surface area contributed by atoms with Crippen LogP contribution in [0.3, 0.4) is 0 Å². The third-order valence-corrected chi connectivity index (χ3v) is 14.7. The van der Waals surface area contributed by atoms with Gasteiger partial charge in [0.1, 0.15) is 70.2 Å². The van der Waals surface area contributed by atoms with Crippen molar-refractivity contribution in [3.8, 4) is 5.75 Å². The van der Waals surface area contributed by atoms with Crippen LogP contribution in [0.2, 0.25) is 0 Å². The fourth-order valence-electron chi connectivity index (χ4n) is 4.99. The molecule has 0 amide bonds. The summed E-state index contributed by atoms with van der Waals surface area (Å²) < 4.78 is 184. The molecule has 0 radical (unpaired) electrons. The minimum absolute atomic E-state index is 0. The number of hydrogen-bond donors (Lipinski definition) is 2. The molecule has 4 rings (SSSR count). The van der Waals surface area contributed by atoms with Gasteiger partial charge in [-0.2, -0.15) is 0 Å². The summed E-state index contributed by atoms with van der Waals surface area (Å²) in [5.74, 6) is -1.70. The Morgan fingerprint density at radius 1 is 0.542 bits per heavy atom. The van der Waals surface area contributed by atoms with Crippen molar-refractivity contribution in [3.05, 3.63) is 60.7 Å². The molecule has 0 saturated carbocycles. The summed E-state index contributed by atoms with van der Waals surface area (Å²) in [5.41, 5.74) is 2.02. The fourth-order valence-corrected chi connectivity index (χ4v) is 9.89. The molecule has 0 atom stereocenters. The number of ether oxygens (including phenoxy) is 1. The summed E-state index contributed by atoms with van der Waals surface area (Å²) in [6.07, 6.45) is 0. The largest absolute Gasteiger partial charge is 1.00 e. The normalized spacial score (nSPS) is 12.1. The second kappa shape index (κ2) is 33.5. The molecule has 0 bridgehead atoms. The molecule has 0 spiro atoms. The molecular weight excluding hydrogens is 1160 g/mol. The van der Waals surface area contributed by atoms with Crippen LogP contribution in [0.4, 0.5) is 45.5 Å². The van der Waals surface area contributed by atoms with E-state index in [9.17, 15) is 66.3 Å². The Morgan fingerprint density at radius 3 is 1.31 bits per heavy atom. The molecule has 3 N–H and O–H groups in total. The molecule has 0 aliphatic heterocycles. The summed E-state index contributed by atoms with van der Waals surface area (Å²) in [5, 5.41) is 51.6. The van der Waals surface area contributed by atoms with Crippen molar-refractivity contribution in [1.82, 2.24) is 0 Å². The topological polar surface area (TPSA) is 463 Å². The number of azo groups is 3. The molecule has 4 aromatic rings. The van der Waals surface area contributed by atoms with Crippen LogP contribution in [0.15, 0.2) is 116 Å². The maximum absolute atomic E-state index is 12.9. The smallest absolute Gasteiger partial charge is 0.744 e. The number of hydrogen-bond acceptors (Lipinski definition) is 32. The van der Waals surface area contributed by atoms with Crippen LogP contribution < -0.4 is 174 Å². The zero-order valence-electron chi connectivity index (χ0n) is 38.2. The standard InChI is InChI=1S/C30H32N8O22S7.5Na/c1-32-29-24(37-34-22-8-5-19(15-27(22)67(51,52)53)64(43,44)12-10-56-62-60-58-40)16-23(28(31)30(29)38-35-20-6-3-17(54-2)13-25(20)65(45,46)47)36-33-21-7-4-18(14-26(21)66(48,49)50)63(41,42)11-9-55-61-59-57-39;;;;;/h3-8,13-16,32,39-40H,9-12,31H2,1-2H3,(H,45,46,47)(H,48,49,50)(H,51,52,53);;;;;/q;5*+1/p-5. The molecule has 0 saturated heterocycles. The maximum Gasteiger partial charge on any atom is 1.00 e. The molecule has 4 aromatic carbocycles. The van der Waals surface area contributed by atoms with Gasteiger partial charge >= 0.3 is 148 Å². The van der Waals surface area contributed by atoms with Crippen LogP contribution >= 0.6 is 24.6 Å². The van der Waals surface area contributed by atoms with Crippen LogP contribution in [0.1, 0.15) is 0 Å². The van der Waals surface area contributed by atoms with E-state index >= 15 is 0 Å². The SMILES string of the molecule is CNc1c(N=Nc2ccc(S(=O)(=O)CCOSOO[O-])cc2S(=O)(=O)[O-])cc(N=Nc2ccc(S(=O)(=O)CCOSOO[O-])cc2S(=O)(=O)[O-])c(N)c1N=Nc1ccc(OC)cc1S(=O)(=O)[O-].[Na+].[Na+].[Na+].[Na+].[Na+]. The predicted octanol–water partition coefficient (Wildman–Crippen LogP) is -12.5. The second-order valence-electron chi connectivity index (χ2n) is 12.0. The van der Waals surface area contributed by atoms with Gasteiger partial charge in [-0.3, -0.25) is 18.4 Å². The first-order chi connectivity index (χ1) is 31.4. The van der Waals surface area contributed by atoms with E-state index in [0.717, 1.165) is 42.5 Å². The van der Waals surface area contributed by atoms with E-state index in [1.165, 1.54) is 20.2 Å². The van der Waals surface area contributed by atoms with Crippen molar-refractivity contribution in [3.63, 3.8) is 0 Å². The van der Waals surface area contributed by atoms with Gasteiger partial charge in [0.05, 0.1) is 67.7 Å². The minimum Gasteiger partial charge on any atom is -0.744 e. The van der Waals surface area contributed by atoms with Crippen LogP contribution in [0.5, 0.6) is 5.75 Å². The Labute approximate surface area is 529 Å². The van der Waals surface area contributed by atoms with Crippen molar-refractivity contribution < 1.29 is 246 Å². The van der Waals surface area contributed by atoms with Crippen LogP contribution in [0, 0.1) is 0 Å². The van der Waals surface area contributed by atoms with E-state index in [-0.39, 0.29) is 184 Å². The predicted molar refractivity (Wildman–Crippen MR) is 218 cm³/mol. The van der Waals surface area contributed by atoms with E-state index in [1.54, 1.807) is 0 Å². The molecule has 0 aliphatic rings. The quantitative estimate of drug-likeness (QED) is 0.00909. The zero-order chi connectivity index (χ0) is 49.8. The van der Waals surface area contributed by atoms with E-state index in [4.69, 9.17) is 10.5 Å². The van der Waals surface area contributed by atoms with Gasteiger partial charge in [-0.15, -0.1) is 39.4 Å². The molecular formula is C30H27N8Na5O22S7. The maximum atomic E-state index is 12.9. The number of nitrogens with two attached hydrogens (primary N) is 1. The van der Waals surface area contributed by atoms with E-state index in [2.05, 4.69) is 63.1 Å². The molecule has 42 heteroatoms. The summed E-state index contributed by atoms with van der Waals surface area (Å²) >= 11 is -0.00722. The van der Waals surface area contributed by atoms with E-state index in [0.29, 0.717) is 12.1 Å². The first-order valence-electron chi connectivity index (χ1n) is 17.1. The summed E-state index contributed by atoms with van der Waals surface area (Å²) in [7, 11) is -22.6. The molecule has 72 heavy (non-hydrogen) atoms. The minimum atomic E-state index is -5.53. The van der Waals surface area contributed by atoms with Gasteiger partial charge in [0.2, 0.25) is 0 Å². The Bertz CT molecular complexity index is 3150. The van der Waals surface area contributed by atoms with E-state index < -0.39 is 139 Å². The molecule has 30 nitrogen and oxygen atoms in total. The fraction of sp³-hybridized carbons (Fsp3) is 0.200. The van der Waals surface area contributed by atoms with Crippen molar-refractivity contribution in [1.29, 1.82) is 0 Å². The van der Waals surface area contributed by atoms with Gasteiger partial charge in [0.15, 0.2) is 44.3 Å². The first-order valence-corrected chi connectivity index (χ1v) is 25.9. The van der Waals surface area contributed by atoms with Gasteiger partial charge in [-0.25, -0.2) is 42.1 Å². The number of nitrogen functional groups attached to an aromatic ring is 1. The number of nitrogens with zero attached hydrogens (tertiary/aromatic N) is 6. The second-order valence-corrected chi connectivity index (χ2v) is 21.3. The van der Waals surface area contributed by atoms with Crippen molar-refractivity contribution in [2.24, 2.45) is 30.7 Å². The first kappa shape index (κ1) is 74.2. The molecule has 0 fully saturated rings. The summed E-state index contributed by atoms with van der Waals surface area (Å²) in [4.78, 5) is -4.72. The molecule has 0 aliphatic carbocycles. The molecule has 0 unspecified atom stereocenters. The average molecular weight is 1190 g/mol. The van der Waals surface area contributed by atoms with E-state index in [1.807, 2.05) is 0 Å². The van der Waals surface area contributed by atoms with Crippen LogP contribution in [-0.2, 0) is 77.1 Å². The third kappa shape index (κ3) is 21.7. The van der Waals surface area contributed by atoms with Crippen molar-refractivity contribution >= 4 is 120 Å². The van der Waals surface area contributed by atoms with Gasteiger partial charge in [-0.1, -0.05) is 0 Å². The Kier molecular flexibility index (Phi) is 34.5. The number of benzene rings is 4. The number of methoxy groups -OCH3 is 1. The van der Waals surface area contributed by atoms with Gasteiger partial charge < -0.3 is 40.0 Å². The van der Waals surface area contributed by atoms with Crippen LogP contribution in [0.25, 0.3) is 0 Å². The van der Waals surface area contributed by atoms with Crippen LogP contribution in [-0.4, -0.2) is 94.6 Å². The van der Waals surface area contributed by atoms with Gasteiger partial charge in [0.25, 0.3) is 0 Å². The third-order valence-electron chi connectivity index (χ3n) is 7.97. The molecule has 366 valence electrons. The summed E-state index contributed by atoms with van der Waals surface area (Å²) in [6.45, 7) is -1.22. The van der Waals surface area contributed by atoms with Crippen molar-refractivity contribution in [2.45, 2.75) is 24.5 Å². The van der Waals surface area contributed by atoms with Gasteiger partial charge in [0, 0.05) is 7.05 Å². The van der Waals surface area contributed by atoms with Crippen molar-refractivity contribution in [2.75, 3.05) is 49.9 Å². The number of rotatable bonds is 25. The molecule has 0 aromatic heterocycles. The monoisotopic (exact) mass is 1190 g/mol. The number of sulfone groups is 2. The average Bonchev–Trinajstić information content (AvgIpc) is 3.26. The Balaban J connectivity index is 0. The summed E-state index contributed by atoms with van der Waals surface area (Å²) in [6, 6.07) is 8.23. The number of anilines is 2.